The molecular formula is C46H41N3O2. The number of ether oxygens (including phenoxy) is 2. The first-order valence-corrected chi connectivity index (χ1v) is 17.8. The average molecular weight is 668 g/mol. The molecule has 1 aliphatic carbocycles. The Bertz CT molecular complexity index is 2590. The molecule has 0 saturated heterocycles. The molecule has 5 aromatic carbocycles. The number of aromatic nitrogens is 2. The number of pyridine rings is 1. The maximum Gasteiger partial charge on any atom is 0.217 e. The molecule has 0 amide bonds. The van der Waals surface area contributed by atoms with Crippen LogP contribution >= 0.6 is 0 Å². The molecule has 0 fully saturated rings. The molecule has 1 aliphatic heterocycles. The Kier molecular flexibility index (Phi) is 7.01. The Hall–Kier alpha value is -5.68. The molecule has 0 bridgehead atoms. The van der Waals surface area contributed by atoms with Gasteiger partial charge in [-0.25, -0.2) is 9.98 Å². The van der Waals surface area contributed by atoms with Gasteiger partial charge in [-0.15, -0.1) is 0 Å². The van der Waals surface area contributed by atoms with Crippen LogP contribution in [0.1, 0.15) is 77.4 Å². The lowest BCUT2D eigenvalue weighted by Crippen LogP contribution is -2.15. The van der Waals surface area contributed by atoms with E-state index in [1.807, 2.05) is 12.3 Å². The molecule has 3 heterocycles. The van der Waals surface area contributed by atoms with Gasteiger partial charge in [-0.1, -0.05) is 79.9 Å². The Labute approximate surface area is 299 Å². The molecule has 0 saturated carbocycles. The van der Waals surface area contributed by atoms with E-state index in [0.717, 1.165) is 44.9 Å². The fourth-order valence-electron chi connectivity index (χ4n) is 7.83. The molecule has 2 aliphatic rings. The van der Waals surface area contributed by atoms with Gasteiger partial charge in [0.2, 0.25) is 5.90 Å². The second-order valence-corrected chi connectivity index (χ2v) is 15.4. The number of nitrogens with zero attached hydrogens (tertiary/aromatic N) is 3. The van der Waals surface area contributed by atoms with E-state index in [1.54, 1.807) is 0 Å². The second-order valence-electron chi connectivity index (χ2n) is 15.4. The summed E-state index contributed by atoms with van der Waals surface area (Å²) in [6.07, 6.45) is 1.74. The number of benzene rings is 5. The lowest BCUT2D eigenvalue weighted by molar-refractivity contribution is 0.195. The predicted octanol–water partition coefficient (Wildman–Crippen LogP) is 11.7. The van der Waals surface area contributed by atoms with Crippen LogP contribution in [0.5, 0.6) is 11.5 Å². The summed E-state index contributed by atoms with van der Waals surface area (Å²) in [5, 5.41) is 2.36. The molecule has 5 heteroatoms. The van der Waals surface area contributed by atoms with E-state index in [1.165, 1.54) is 49.9 Å². The van der Waals surface area contributed by atoms with Crippen molar-refractivity contribution >= 4 is 27.7 Å². The van der Waals surface area contributed by atoms with Crippen molar-refractivity contribution in [3.05, 3.63) is 154 Å². The molecular weight excluding hydrogens is 627 g/mol. The Balaban J connectivity index is 1.10. The molecule has 2 aromatic heterocycles. The first-order chi connectivity index (χ1) is 24.5. The SMILES string of the molecule is Cc1cc(Oc2ccc3c4cc(C)ccc4n(-c4cc(C(C)(C)C)ccn4)c3c2)cc(C2=N[C@@H]3c4ccc(C)cc4-c4cc(C)ccc4[C@@H]3O2)c1. The van der Waals surface area contributed by atoms with Gasteiger partial charge in [-0.2, -0.15) is 0 Å². The quantitative estimate of drug-likeness (QED) is 0.188. The standard InChI is InChI=1S/C46H41N3O2/c1-26-8-12-35-37(20-26)38-21-27(2)9-13-36(38)44-43(35)48-45(51-44)30-18-29(4)19-33(23-30)50-32-11-14-34-39-22-28(3)10-15-40(39)49(41(34)25-32)42-24-31(16-17-47-42)46(5,6)7/h8-25,43-44H,1-7H3/t43-,44+/m1/s1. The van der Waals surface area contributed by atoms with Gasteiger partial charge < -0.3 is 9.47 Å². The van der Waals surface area contributed by atoms with Crippen molar-refractivity contribution in [3.63, 3.8) is 0 Å². The third-order valence-corrected chi connectivity index (χ3v) is 10.4. The van der Waals surface area contributed by atoms with Crippen LogP contribution in [0.4, 0.5) is 0 Å². The van der Waals surface area contributed by atoms with Crippen LogP contribution in [0.15, 0.2) is 114 Å². The highest BCUT2D eigenvalue weighted by Crippen LogP contribution is 2.52. The van der Waals surface area contributed by atoms with Crippen molar-refractivity contribution in [3.8, 4) is 28.4 Å². The van der Waals surface area contributed by atoms with E-state index < -0.39 is 0 Å². The van der Waals surface area contributed by atoms with Crippen molar-refractivity contribution in [1.82, 2.24) is 9.55 Å². The number of hydrogen-bond acceptors (Lipinski definition) is 4. The minimum Gasteiger partial charge on any atom is -0.467 e. The number of hydrogen-bond donors (Lipinski definition) is 0. The maximum absolute atomic E-state index is 6.75. The minimum absolute atomic E-state index is 0.000148. The van der Waals surface area contributed by atoms with Crippen molar-refractivity contribution in [2.24, 2.45) is 4.99 Å². The smallest absolute Gasteiger partial charge is 0.217 e. The lowest BCUT2D eigenvalue weighted by Gasteiger charge is -2.29. The van der Waals surface area contributed by atoms with Crippen LogP contribution < -0.4 is 4.74 Å². The van der Waals surface area contributed by atoms with E-state index in [0.29, 0.717) is 5.90 Å². The fraction of sp³-hybridized carbons (Fsp3) is 0.217. The second kappa shape index (κ2) is 11.4. The average Bonchev–Trinajstić information content (AvgIpc) is 3.68. The highest BCUT2D eigenvalue weighted by molar-refractivity contribution is 6.09. The largest absolute Gasteiger partial charge is 0.467 e. The van der Waals surface area contributed by atoms with Crippen molar-refractivity contribution in [1.29, 1.82) is 0 Å². The van der Waals surface area contributed by atoms with Gasteiger partial charge in [0, 0.05) is 34.2 Å². The van der Waals surface area contributed by atoms with Crippen LogP contribution in [-0.4, -0.2) is 15.4 Å². The number of rotatable bonds is 4. The van der Waals surface area contributed by atoms with Crippen LogP contribution in [0, 0.1) is 27.7 Å². The summed E-state index contributed by atoms with van der Waals surface area (Å²) >= 11 is 0. The first-order valence-electron chi connectivity index (χ1n) is 17.8. The Morgan fingerprint density at radius 3 is 2.14 bits per heavy atom. The highest BCUT2D eigenvalue weighted by atomic mass is 16.5. The zero-order chi connectivity index (χ0) is 35.2. The van der Waals surface area contributed by atoms with E-state index >= 15 is 0 Å². The molecule has 51 heavy (non-hydrogen) atoms. The third-order valence-electron chi connectivity index (χ3n) is 10.4. The zero-order valence-corrected chi connectivity index (χ0v) is 30.2. The normalized spacial score (nSPS) is 16.4. The number of aryl methyl sites for hydroxylation is 4. The van der Waals surface area contributed by atoms with E-state index in [-0.39, 0.29) is 17.6 Å². The van der Waals surface area contributed by atoms with E-state index in [9.17, 15) is 0 Å². The molecule has 7 aromatic rings. The number of aliphatic imine (C=N–C) groups is 1. The van der Waals surface area contributed by atoms with Crippen molar-refractivity contribution in [2.45, 2.75) is 66.0 Å². The zero-order valence-electron chi connectivity index (χ0n) is 30.2. The summed E-state index contributed by atoms with van der Waals surface area (Å²) in [6.45, 7) is 15.2. The van der Waals surface area contributed by atoms with Gasteiger partial charge in [0.1, 0.15) is 23.4 Å². The molecule has 0 unspecified atom stereocenters. The summed E-state index contributed by atoms with van der Waals surface area (Å²) in [6, 6.07) is 36.8. The maximum atomic E-state index is 6.75. The molecule has 2 atom stereocenters. The molecule has 5 nitrogen and oxygen atoms in total. The van der Waals surface area contributed by atoms with E-state index in [4.69, 9.17) is 19.5 Å². The minimum atomic E-state index is -0.172. The summed E-state index contributed by atoms with van der Waals surface area (Å²) < 4.78 is 15.7. The molecule has 0 spiro atoms. The van der Waals surface area contributed by atoms with Crippen molar-refractivity contribution < 1.29 is 9.47 Å². The molecule has 9 rings (SSSR count). The van der Waals surface area contributed by atoms with Crippen LogP contribution in [0.3, 0.4) is 0 Å². The summed E-state index contributed by atoms with van der Waals surface area (Å²) in [5.41, 5.74) is 14.0. The Morgan fingerprint density at radius 1 is 0.627 bits per heavy atom. The van der Waals surface area contributed by atoms with Gasteiger partial charge in [-0.3, -0.25) is 4.57 Å². The number of fused-ring (bicyclic) bond motifs is 9. The van der Waals surface area contributed by atoms with Gasteiger partial charge in [-0.05, 0) is 116 Å². The summed E-state index contributed by atoms with van der Waals surface area (Å²) in [5.74, 6) is 3.04. The molecule has 0 radical (unpaired) electrons. The summed E-state index contributed by atoms with van der Waals surface area (Å²) in [7, 11) is 0. The van der Waals surface area contributed by atoms with Crippen LogP contribution in [0.2, 0.25) is 0 Å². The molecule has 252 valence electrons. The van der Waals surface area contributed by atoms with Crippen LogP contribution in [0.25, 0.3) is 38.8 Å². The Morgan fingerprint density at radius 2 is 1.35 bits per heavy atom. The van der Waals surface area contributed by atoms with Gasteiger partial charge >= 0.3 is 0 Å². The predicted molar refractivity (Wildman–Crippen MR) is 208 cm³/mol. The summed E-state index contributed by atoms with van der Waals surface area (Å²) in [4.78, 5) is 10.1. The van der Waals surface area contributed by atoms with Gasteiger partial charge in [0.15, 0.2) is 6.10 Å². The lowest BCUT2D eigenvalue weighted by atomic mass is 9.80. The molecule has 0 N–H and O–H groups in total. The topological polar surface area (TPSA) is 48.6 Å². The van der Waals surface area contributed by atoms with Crippen molar-refractivity contribution in [2.75, 3.05) is 0 Å². The fourth-order valence-corrected chi connectivity index (χ4v) is 7.83. The first kappa shape index (κ1) is 31.3. The van der Waals surface area contributed by atoms with E-state index in [2.05, 4.69) is 150 Å². The van der Waals surface area contributed by atoms with Gasteiger partial charge in [0.05, 0.1) is 11.0 Å². The highest BCUT2D eigenvalue weighted by Gasteiger charge is 2.40. The van der Waals surface area contributed by atoms with Crippen LogP contribution in [-0.2, 0) is 10.2 Å². The monoisotopic (exact) mass is 667 g/mol. The third kappa shape index (κ3) is 5.31. The van der Waals surface area contributed by atoms with Gasteiger partial charge in [0.25, 0.3) is 0 Å².